The molecular formula is C23H17N3O4S. The fraction of sp³-hybridized carbons (Fsp3) is 0.130. The van der Waals surface area contributed by atoms with Gasteiger partial charge in [0.1, 0.15) is 11.1 Å². The monoisotopic (exact) mass is 431 g/mol. The second kappa shape index (κ2) is 7.48. The Balaban J connectivity index is 1.40. The topological polar surface area (TPSA) is 92.5 Å². The lowest BCUT2D eigenvalue weighted by molar-refractivity contribution is -0.116. The third kappa shape index (κ3) is 3.51. The number of nitrogens with zero attached hydrogens (tertiary/aromatic N) is 2. The molecule has 1 N–H and O–H groups in total. The van der Waals surface area contributed by atoms with Gasteiger partial charge in [-0.3, -0.25) is 14.9 Å². The van der Waals surface area contributed by atoms with Gasteiger partial charge >= 0.3 is 5.63 Å². The van der Waals surface area contributed by atoms with E-state index in [0.717, 1.165) is 23.2 Å². The van der Waals surface area contributed by atoms with Crippen molar-refractivity contribution in [3.05, 3.63) is 75.5 Å². The summed E-state index contributed by atoms with van der Waals surface area (Å²) in [6.45, 7) is 2.24. The van der Waals surface area contributed by atoms with Crippen LogP contribution < -0.4 is 15.8 Å². The Morgan fingerprint density at radius 2 is 2.00 bits per heavy atom. The molecule has 0 saturated heterocycles. The third-order valence-corrected chi connectivity index (χ3v) is 6.03. The molecule has 0 aliphatic carbocycles. The molecule has 2 amide bonds. The first kappa shape index (κ1) is 19.2. The highest BCUT2D eigenvalue weighted by Gasteiger charge is 2.23. The van der Waals surface area contributed by atoms with Crippen LogP contribution in [0.3, 0.4) is 0 Å². The van der Waals surface area contributed by atoms with Gasteiger partial charge in [-0.05, 0) is 30.2 Å². The Labute approximate surface area is 181 Å². The van der Waals surface area contributed by atoms with Crippen LogP contribution in [0.1, 0.15) is 22.8 Å². The molecule has 8 heteroatoms. The van der Waals surface area contributed by atoms with Crippen molar-refractivity contribution in [3.63, 3.8) is 0 Å². The molecule has 2 aromatic heterocycles. The molecular weight excluding hydrogens is 414 g/mol. The molecule has 7 nitrogen and oxygen atoms in total. The van der Waals surface area contributed by atoms with Crippen LogP contribution in [0.5, 0.6) is 0 Å². The number of hydrogen-bond donors (Lipinski definition) is 1. The zero-order valence-corrected chi connectivity index (χ0v) is 17.4. The zero-order valence-electron chi connectivity index (χ0n) is 16.5. The molecule has 4 aromatic rings. The summed E-state index contributed by atoms with van der Waals surface area (Å²) < 4.78 is 5.23. The van der Waals surface area contributed by atoms with Crippen molar-refractivity contribution < 1.29 is 14.0 Å². The van der Waals surface area contributed by atoms with Gasteiger partial charge in [0.15, 0.2) is 5.13 Å². The van der Waals surface area contributed by atoms with Gasteiger partial charge in [0.05, 0.1) is 5.69 Å². The minimum Gasteiger partial charge on any atom is -0.422 e. The average Bonchev–Trinajstić information content (AvgIpc) is 3.39. The molecule has 0 radical (unpaired) electrons. The molecule has 0 unspecified atom stereocenters. The second-order valence-electron chi connectivity index (χ2n) is 7.24. The number of carbonyl (C=O) groups is 2. The van der Waals surface area contributed by atoms with Crippen LogP contribution in [0.25, 0.3) is 22.2 Å². The first-order valence-corrected chi connectivity index (χ1v) is 10.6. The van der Waals surface area contributed by atoms with Gasteiger partial charge in [-0.15, -0.1) is 11.3 Å². The van der Waals surface area contributed by atoms with Crippen molar-refractivity contribution in [1.29, 1.82) is 0 Å². The van der Waals surface area contributed by atoms with Gasteiger partial charge in [0.25, 0.3) is 5.91 Å². The lowest BCUT2D eigenvalue weighted by Crippen LogP contribution is -2.25. The van der Waals surface area contributed by atoms with Crippen LogP contribution in [0, 0.1) is 0 Å². The van der Waals surface area contributed by atoms with Crippen LogP contribution in [-0.4, -0.2) is 23.3 Å². The molecule has 0 saturated carbocycles. The van der Waals surface area contributed by atoms with Crippen molar-refractivity contribution in [3.8, 4) is 11.3 Å². The Morgan fingerprint density at radius 1 is 1.16 bits per heavy atom. The Kier molecular flexibility index (Phi) is 4.63. The van der Waals surface area contributed by atoms with E-state index in [9.17, 15) is 14.4 Å². The van der Waals surface area contributed by atoms with Gasteiger partial charge in [-0.25, -0.2) is 9.78 Å². The molecule has 0 bridgehead atoms. The van der Waals surface area contributed by atoms with E-state index in [1.807, 2.05) is 23.6 Å². The van der Waals surface area contributed by atoms with E-state index in [1.54, 1.807) is 36.1 Å². The summed E-state index contributed by atoms with van der Waals surface area (Å²) in [5.74, 6) is -0.562. The van der Waals surface area contributed by atoms with E-state index in [-0.39, 0.29) is 11.5 Å². The molecule has 31 heavy (non-hydrogen) atoms. The van der Waals surface area contributed by atoms with Gasteiger partial charge in [-0.2, -0.15) is 0 Å². The van der Waals surface area contributed by atoms with Gasteiger partial charge in [0, 0.05) is 35.5 Å². The van der Waals surface area contributed by atoms with Crippen LogP contribution in [-0.2, 0) is 11.2 Å². The summed E-state index contributed by atoms with van der Waals surface area (Å²) in [6, 6.07) is 14.4. The first-order chi connectivity index (χ1) is 15.0. The maximum absolute atomic E-state index is 12.6. The van der Waals surface area contributed by atoms with Crippen molar-refractivity contribution in [1.82, 2.24) is 4.98 Å². The predicted octanol–water partition coefficient (Wildman–Crippen LogP) is 4.08. The van der Waals surface area contributed by atoms with Crippen LogP contribution in [0.2, 0.25) is 0 Å². The smallest absolute Gasteiger partial charge is 0.349 e. The largest absolute Gasteiger partial charge is 0.422 e. The van der Waals surface area contributed by atoms with Crippen molar-refractivity contribution >= 4 is 44.9 Å². The lowest BCUT2D eigenvalue weighted by Gasteiger charge is -2.15. The molecule has 1 aliphatic heterocycles. The third-order valence-electron chi connectivity index (χ3n) is 5.27. The van der Waals surface area contributed by atoms with E-state index in [1.165, 1.54) is 17.4 Å². The van der Waals surface area contributed by atoms with Crippen molar-refractivity contribution in [2.45, 2.75) is 13.3 Å². The predicted molar refractivity (Wildman–Crippen MR) is 120 cm³/mol. The number of anilines is 2. The quantitative estimate of drug-likeness (QED) is 0.494. The molecule has 5 rings (SSSR count). The maximum atomic E-state index is 12.6. The SMILES string of the molecule is CC(=O)N1CCc2ccc(-c3csc(NC(=O)c4cc5ccccc5oc4=O)n3)cc21. The van der Waals surface area contributed by atoms with E-state index >= 15 is 0 Å². The van der Waals surface area contributed by atoms with Crippen LogP contribution in [0.15, 0.2) is 63.1 Å². The highest BCUT2D eigenvalue weighted by molar-refractivity contribution is 7.14. The number of nitrogens with one attached hydrogen (secondary N) is 1. The van der Waals surface area contributed by atoms with Crippen molar-refractivity contribution in [2.24, 2.45) is 0 Å². The summed E-state index contributed by atoms with van der Waals surface area (Å²) in [7, 11) is 0. The van der Waals surface area contributed by atoms with E-state index in [0.29, 0.717) is 28.3 Å². The lowest BCUT2D eigenvalue weighted by atomic mass is 10.1. The number of thiazole rings is 1. The highest BCUT2D eigenvalue weighted by Crippen LogP contribution is 2.34. The number of para-hydroxylation sites is 1. The second-order valence-corrected chi connectivity index (χ2v) is 8.10. The molecule has 154 valence electrons. The first-order valence-electron chi connectivity index (χ1n) is 9.71. The van der Waals surface area contributed by atoms with E-state index < -0.39 is 11.5 Å². The van der Waals surface area contributed by atoms with Crippen LogP contribution >= 0.6 is 11.3 Å². The minimum atomic E-state index is -0.698. The normalized spacial score (nSPS) is 12.7. The molecule has 0 fully saturated rings. The number of rotatable bonds is 3. The summed E-state index contributed by atoms with van der Waals surface area (Å²) in [5, 5.41) is 5.54. The number of fused-ring (bicyclic) bond motifs is 2. The molecule has 2 aromatic carbocycles. The Morgan fingerprint density at radius 3 is 2.84 bits per heavy atom. The highest BCUT2D eigenvalue weighted by atomic mass is 32.1. The zero-order chi connectivity index (χ0) is 21.5. The molecule has 3 heterocycles. The number of hydrogen-bond acceptors (Lipinski definition) is 6. The van der Waals surface area contributed by atoms with Crippen molar-refractivity contribution in [2.75, 3.05) is 16.8 Å². The standard InChI is InChI=1S/C23H17N3O4S/c1-13(27)26-9-8-14-6-7-15(11-19(14)26)18-12-31-23(24-18)25-21(28)17-10-16-4-2-3-5-20(16)30-22(17)29/h2-7,10-12H,8-9H2,1H3,(H,24,25,28). The molecule has 1 aliphatic rings. The number of amides is 2. The van der Waals surface area contributed by atoms with Gasteiger partial charge in [-0.1, -0.05) is 30.3 Å². The molecule has 0 atom stereocenters. The average molecular weight is 431 g/mol. The Hall–Kier alpha value is -3.78. The van der Waals surface area contributed by atoms with Gasteiger partial charge < -0.3 is 9.32 Å². The molecule has 0 spiro atoms. The fourth-order valence-corrected chi connectivity index (χ4v) is 4.43. The summed E-state index contributed by atoms with van der Waals surface area (Å²) in [6.07, 6.45) is 0.835. The number of benzene rings is 2. The van der Waals surface area contributed by atoms with E-state index in [2.05, 4.69) is 10.3 Å². The van der Waals surface area contributed by atoms with E-state index in [4.69, 9.17) is 4.42 Å². The number of carbonyl (C=O) groups excluding carboxylic acids is 2. The summed E-state index contributed by atoms with van der Waals surface area (Å²) >= 11 is 1.26. The van der Waals surface area contributed by atoms with Crippen LogP contribution in [0.4, 0.5) is 10.8 Å². The van der Waals surface area contributed by atoms with Gasteiger partial charge in [0.2, 0.25) is 5.91 Å². The fourth-order valence-electron chi connectivity index (χ4n) is 3.71. The summed E-state index contributed by atoms with van der Waals surface area (Å²) in [4.78, 5) is 43.0. The summed E-state index contributed by atoms with van der Waals surface area (Å²) in [5.41, 5.74) is 3.22. The minimum absolute atomic E-state index is 0.0105. The Bertz CT molecular complexity index is 1410. The maximum Gasteiger partial charge on any atom is 0.349 e. The number of aromatic nitrogens is 1.